The van der Waals surface area contributed by atoms with E-state index in [1.165, 1.54) is 10.6 Å². The molecule has 2 heterocycles. The van der Waals surface area contributed by atoms with E-state index in [4.69, 9.17) is 0 Å². The fourth-order valence-electron chi connectivity index (χ4n) is 1.16. The number of aromatic nitrogens is 2. The predicted octanol–water partition coefficient (Wildman–Crippen LogP) is 3.13. The first kappa shape index (κ1) is 21.2. The van der Waals surface area contributed by atoms with Crippen molar-refractivity contribution in [3.63, 3.8) is 0 Å². The van der Waals surface area contributed by atoms with Gasteiger partial charge in [-0.25, -0.2) is 0 Å². The Hall–Kier alpha value is -2.10. The molecule has 21 heavy (non-hydrogen) atoms. The lowest BCUT2D eigenvalue weighted by Crippen LogP contribution is -2.13. The molecule has 118 valence electrons. The summed E-state index contributed by atoms with van der Waals surface area (Å²) in [5.41, 5.74) is 1.10. The molecular formula is C17H28N2O2. The SMILES string of the molecule is CC.CC.Cc1ccn(C)c(=O)c1.Cn1ccccc1=O. The molecule has 0 amide bonds. The molecule has 0 aromatic carbocycles. The number of hydrogen-bond donors (Lipinski definition) is 0. The van der Waals surface area contributed by atoms with Crippen LogP contribution in [0.25, 0.3) is 0 Å². The maximum Gasteiger partial charge on any atom is 0.250 e. The van der Waals surface area contributed by atoms with Gasteiger partial charge in [0.1, 0.15) is 0 Å². The zero-order chi connectivity index (χ0) is 16.8. The van der Waals surface area contributed by atoms with Gasteiger partial charge in [-0.2, -0.15) is 0 Å². The van der Waals surface area contributed by atoms with Gasteiger partial charge in [-0.3, -0.25) is 9.59 Å². The highest BCUT2D eigenvalue weighted by Gasteiger charge is 1.86. The topological polar surface area (TPSA) is 44.0 Å². The maximum atomic E-state index is 10.8. The minimum Gasteiger partial charge on any atom is -0.319 e. The van der Waals surface area contributed by atoms with Crippen LogP contribution in [0.4, 0.5) is 0 Å². The molecule has 0 saturated heterocycles. The number of rotatable bonds is 0. The molecule has 0 bridgehead atoms. The van der Waals surface area contributed by atoms with E-state index in [1.54, 1.807) is 43.2 Å². The fourth-order valence-corrected chi connectivity index (χ4v) is 1.16. The van der Waals surface area contributed by atoms with Crippen LogP contribution in [0.1, 0.15) is 33.3 Å². The first-order valence-corrected chi connectivity index (χ1v) is 7.25. The quantitative estimate of drug-likeness (QED) is 0.749. The first-order valence-electron chi connectivity index (χ1n) is 7.25. The van der Waals surface area contributed by atoms with Crippen molar-refractivity contribution in [2.75, 3.05) is 0 Å². The van der Waals surface area contributed by atoms with Gasteiger partial charge in [0.2, 0.25) is 5.56 Å². The van der Waals surface area contributed by atoms with Crippen molar-refractivity contribution >= 4 is 0 Å². The van der Waals surface area contributed by atoms with Gasteiger partial charge in [0, 0.05) is 38.6 Å². The third-order valence-electron chi connectivity index (χ3n) is 2.27. The molecular weight excluding hydrogens is 264 g/mol. The highest BCUT2D eigenvalue weighted by Crippen LogP contribution is 1.87. The van der Waals surface area contributed by atoms with Gasteiger partial charge >= 0.3 is 0 Å². The number of pyridine rings is 2. The third-order valence-corrected chi connectivity index (χ3v) is 2.27. The Balaban J connectivity index is 0. The van der Waals surface area contributed by atoms with E-state index >= 15 is 0 Å². The van der Waals surface area contributed by atoms with Gasteiger partial charge in [-0.15, -0.1) is 0 Å². The Bertz CT molecular complexity index is 598. The molecule has 2 rings (SSSR count). The maximum absolute atomic E-state index is 10.8. The van der Waals surface area contributed by atoms with Crippen LogP contribution in [0.3, 0.4) is 0 Å². The molecule has 0 aliphatic rings. The Morgan fingerprint density at radius 3 is 1.62 bits per heavy atom. The van der Waals surface area contributed by atoms with E-state index < -0.39 is 0 Å². The monoisotopic (exact) mass is 292 g/mol. The van der Waals surface area contributed by atoms with Crippen LogP contribution in [0.15, 0.2) is 52.3 Å². The van der Waals surface area contributed by atoms with E-state index in [0.717, 1.165) is 5.56 Å². The van der Waals surface area contributed by atoms with E-state index in [2.05, 4.69) is 0 Å². The fraction of sp³-hybridized carbons (Fsp3) is 0.412. The average Bonchev–Trinajstić information content (AvgIpc) is 2.51. The van der Waals surface area contributed by atoms with Gasteiger partial charge in [0.15, 0.2) is 0 Å². The van der Waals surface area contributed by atoms with Crippen LogP contribution >= 0.6 is 0 Å². The second kappa shape index (κ2) is 12.9. The van der Waals surface area contributed by atoms with Crippen molar-refractivity contribution in [2.24, 2.45) is 14.1 Å². The van der Waals surface area contributed by atoms with Gasteiger partial charge in [-0.1, -0.05) is 33.8 Å². The van der Waals surface area contributed by atoms with Crippen molar-refractivity contribution in [3.05, 3.63) is 69.0 Å². The van der Waals surface area contributed by atoms with Crippen LogP contribution in [-0.2, 0) is 14.1 Å². The number of aryl methyl sites for hydroxylation is 3. The summed E-state index contributed by atoms with van der Waals surface area (Å²) in [7, 11) is 3.46. The molecule has 2 aromatic heterocycles. The normalized spacial score (nSPS) is 8.14. The molecule has 0 unspecified atom stereocenters. The van der Waals surface area contributed by atoms with Gasteiger partial charge in [0.05, 0.1) is 0 Å². The first-order chi connectivity index (χ1) is 10.0. The van der Waals surface area contributed by atoms with E-state index in [1.807, 2.05) is 46.8 Å². The minimum atomic E-state index is 0.0347. The summed E-state index contributed by atoms with van der Waals surface area (Å²) in [4.78, 5) is 21.4. The van der Waals surface area contributed by atoms with Gasteiger partial charge in [-0.05, 0) is 24.6 Å². The molecule has 0 aliphatic heterocycles. The van der Waals surface area contributed by atoms with Gasteiger partial charge < -0.3 is 9.13 Å². The summed E-state index contributed by atoms with van der Waals surface area (Å²) in [6, 6.07) is 8.59. The summed E-state index contributed by atoms with van der Waals surface area (Å²) < 4.78 is 3.08. The Kier molecular flexibility index (Phi) is 13.0. The van der Waals surface area contributed by atoms with Crippen LogP contribution in [0.2, 0.25) is 0 Å². The lowest BCUT2D eigenvalue weighted by atomic mass is 10.3. The molecule has 0 atom stereocenters. The number of hydrogen-bond acceptors (Lipinski definition) is 2. The van der Waals surface area contributed by atoms with Crippen molar-refractivity contribution < 1.29 is 0 Å². The summed E-state index contributed by atoms with van der Waals surface area (Å²) in [6.07, 6.45) is 3.49. The molecule has 4 heteroatoms. The van der Waals surface area contributed by atoms with Crippen molar-refractivity contribution in [2.45, 2.75) is 34.6 Å². The second-order valence-electron chi connectivity index (χ2n) is 3.80. The largest absolute Gasteiger partial charge is 0.319 e. The highest BCUT2D eigenvalue weighted by atomic mass is 16.1. The summed E-state index contributed by atoms with van der Waals surface area (Å²) in [5.74, 6) is 0. The Morgan fingerprint density at radius 2 is 1.29 bits per heavy atom. The molecule has 0 aliphatic carbocycles. The average molecular weight is 292 g/mol. The standard InChI is InChI=1S/C7H9NO.C6H7NO.2C2H6/c1-6-3-4-8(2)7(9)5-6;1-7-5-3-2-4-6(7)8;2*1-2/h3-5H,1-2H3;2-5H,1H3;2*1-2H3. The van der Waals surface area contributed by atoms with Gasteiger partial charge in [0.25, 0.3) is 5.56 Å². The van der Waals surface area contributed by atoms with Crippen LogP contribution in [-0.4, -0.2) is 9.13 Å². The lowest BCUT2D eigenvalue weighted by Gasteiger charge is -1.94. The zero-order valence-corrected chi connectivity index (χ0v) is 14.3. The van der Waals surface area contributed by atoms with Crippen LogP contribution < -0.4 is 11.1 Å². The Labute approximate surface area is 127 Å². The molecule has 0 fully saturated rings. The van der Waals surface area contributed by atoms with Crippen molar-refractivity contribution in [1.82, 2.24) is 9.13 Å². The number of nitrogens with zero attached hydrogens (tertiary/aromatic N) is 2. The highest BCUT2D eigenvalue weighted by molar-refractivity contribution is 5.07. The summed E-state index contributed by atoms with van der Waals surface area (Å²) in [5, 5.41) is 0. The summed E-state index contributed by atoms with van der Waals surface area (Å²) in [6.45, 7) is 9.90. The second-order valence-corrected chi connectivity index (χ2v) is 3.80. The Morgan fingerprint density at radius 1 is 0.762 bits per heavy atom. The van der Waals surface area contributed by atoms with Crippen LogP contribution in [0.5, 0.6) is 0 Å². The minimum absolute atomic E-state index is 0.0347. The molecule has 4 nitrogen and oxygen atoms in total. The van der Waals surface area contributed by atoms with Crippen molar-refractivity contribution in [3.8, 4) is 0 Å². The third kappa shape index (κ3) is 9.44. The molecule has 0 saturated carbocycles. The zero-order valence-electron chi connectivity index (χ0n) is 14.3. The molecule has 0 radical (unpaired) electrons. The van der Waals surface area contributed by atoms with E-state index in [9.17, 15) is 9.59 Å². The molecule has 0 spiro atoms. The van der Waals surface area contributed by atoms with Crippen LogP contribution in [0, 0.1) is 6.92 Å². The smallest absolute Gasteiger partial charge is 0.250 e. The van der Waals surface area contributed by atoms with Crippen molar-refractivity contribution in [1.29, 1.82) is 0 Å². The van der Waals surface area contributed by atoms with E-state index in [0.29, 0.717) is 0 Å². The van der Waals surface area contributed by atoms with E-state index in [-0.39, 0.29) is 11.1 Å². The predicted molar refractivity (Wildman–Crippen MR) is 90.8 cm³/mol. The molecule has 0 N–H and O–H groups in total. The lowest BCUT2D eigenvalue weighted by molar-refractivity contribution is 0.856. The summed E-state index contributed by atoms with van der Waals surface area (Å²) >= 11 is 0. The molecule has 2 aromatic rings.